The number of fused-ring (bicyclic) bond motifs is 1. The minimum absolute atomic E-state index is 0.186. The molecule has 1 saturated heterocycles. The number of likely N-dealkylation sites (tertiary alicyclic amines) is 1. The Morgan fingerprint density at radius 3 is 2.86 bits per heavy atom. The Balaban J connectivity index is 1.34. The Labute approximate surface area is 173 Å². The van der Waals surface area contributed by atoms with Crippen LogP contribution in [0.1, 0.15) is 36.4 Å². The number of amides is 1. The molecule has 146 valence electrons. The summed E-state index contributed by atoms with van der Waals surface area (Å²) >= 11 is 3.37. The lowest BCUT2D eigenvalue weighted by molar-refractivity contribution is -0.129. The van der Waals surface area contributed by atoms with Crippen LogP contribution in [0.25, 0.3) is 10.2 Å². The van der Waals surface area contributed by atoms with Gasteiger partial charge in [0.1, 0.15) is 10.8 Å². The molecule has 2 aromatic carbocycles. The number of para-hydroxylation sites is 1. The summed E-state index contributed by atoms with van der Waals surface area (Å²) in [7, 11) is 0. The van der Waals surface area contributed by atoms with Crippen molar-refractivity contribution in [2.45, 2.75) is 31.6 Å². The number of hydrogen-bond acceptors (Lipinski definition) is 5. The van der Waals surface area contributed by atoms with E-state index in [1.807, 2.05) is 42.2 Å². The van der Waals surface area contributed by atoms with Crippen LogP contribution in [0.4, 0.5) is 0 Å². The van der Waals surface area contributed by atoms with Crippen molar-refractivity contribution >= 4 is 39.2 Å². The van der Waals surface area contributed by atoms with Crippen LogP contribution >= 0.6 is 23.1 Å². The first-order valence-electron chi connectivity index (χ1n) is 9.69. The quantitative estimate of drug-likeness (QED) is 0.529. The van der Waals surface area contributed by atoms with Crippen LogP contribution < -0.4 is 4.74 Å². The summed E-state index contributed by atoms with van der Waals surface area (Å²) in [5, 5.41) is 1.09. The highest BCUT2D eigenvalue weighted by Crippen LogP contribution is 2.33. The molecule has 28 heavy (non-hydrogen) atoms. The average molecular weight is 413 g/mol. The van der Waals surface area contributed by atoms with Crippen LogP contribution in [-0.4, -0.2) is 34.7 Å². The topological polar surface area (TPSA) is 42.4 Å². The number of hydrogen-bond donors (Lipinski definition) is 0. The number of benzene rings is 2. The van der Waals surface area contributed by atoms with Crippen LogP contribution in [0.2, 0.25) is 0 Å². The Hall–Kier alpha value is -2.05. The fraction of sp³-hybridized carbons (Fsp3) is 0.364. The van der Waals surface area contributed by atoms with Crippen molar-refractivity contribution in [3.63, 3.8) is 0 Å². The lowest BCUT2D eigenvalue weighted by atomic mass is 10.0. The van der Waals surface area contributed by atoms with Crippen LogP contribution in [0.3, 0.4) is 0 Å². The maximum absolute atomic E-state index is 12.8. The first kappa shape index (κ1) is 19.3. The zero-order chi connectivity index (χ0) is 19.3. The summed E-state index contributed by atoms with van der Waals surface area (Å²) in [6.07, 6.45) is 2.09. The van der Waals surface area contributed by atoms with Gasteiger partial charge in [0.05, 0.1) is 28.6 Å². The van der Waals surface area contributed by atoms with E-state index in [0.29, 0.717) is 12.4 Å². The van der Waals surface area contributed by atoms with E-state index in [1.54, 1.807) is 23.1 Å². The van der Waals surface area contributed by atoms with E-state index in [1.165, 1.54) is 10.3 Å². The van der Waals surface area contributed by atoms with Gasteiger partial charge in [0.25, 0.3) is 0 Å². The van der Waals surface area contributed by atoms with Gasteiger partial charge in [-0.15, -0.1) is 23.1 Å². The number of rotatable bonds is 7. The second-order valence-corrected chi connectivity index (χ2v) is 8.92. The SMILES string of the molecule is CCOc1ccc(C2CCCN2C(=O)CSCc2nc3ccccc3s2)cc1. The van der Waals surface area contributed by atoms with Crippen molar-refractivity contribution in [2.24, 2.45) is 0 Å². The molecule has 0 N–H and O–H groups in total. The Bertz CT molecular complexity index is 906. The molecule has 2 heterocycles. The second-order valence-electron chi connectivity index (χ2n) is 6.82. The minimum Gasteiger partial charge on any atom is -0.494 e. The van der Waals surface area contributed by atoms with Gasteiger partial charge in [0, 0.05) is 12.3 Å². The average Bonchev–Trinajstić information content (AvgIpc) is 3.35. The molecule has 3 aromatic rings. The molecule has 1 aliphatic heterocycles. The molecule has 0 radical (unpaired) electrons. The van der Waals surface area contributed by atoms with Crippen molar-refractivity contribution in [1.82, 2.24) is 9.88 Å². The van der Waals surface area contributed by atoms with Gasteiger partial charge in [-0.25, -0.2) is 4.98 Å². The normalized spacial score (nSPS) is 16.6. The third-order valence-corrected chi connectivity index (χ3v) is 7.09. The van der Waals surface area contributed by atoms with Crippen LogP contribution in [-0.2, 0) is 10.5 Å². The summed E-state index contributed by atoms with van der Waals surface area (Å²) in [5.41, 5.74) is 2.25. The molecule has 4 nitrogen and oxygen atoms in total. The number of nitrogens with zero attached hydrogens (tertiary/aromatic N) is 2. The summed E-state index contributed by atoms with van der Waals surface area (Å²) < 4.78 is 6.73. The van der Waals surface area contributed by atoms with Crippen LogP contribution in [0, 0.1) is 0 Å². The maximum atomic E-state index is 12.8. The summed E-state index contributed by atoms with van der Waals surface area (Å²) in [6, 6.07) is 16.6. The lowest BCUT2D eigenvalue weighted by Gasteiger charge is -2.25. The number of carbonyl (C=O) groups excluding carboxylic acids is 1. The highest BCUT2D eigenvalue weighted by Gasteiger charge is 2.29. The van der Waals surface area contributed by atoms with Gasteiger partial charge in [0.2, 0.25) is 5.91 Å². The molecule has 1 atom stereocenters. The molecule has 1 unspecified atom stereocenters. The molecular formula is C22H24N2O2S2. The van der Waals surface area contributed by atoms with E-state index < -0.39 is 0 Å². The predicted octanol–water partition coefficient (Wildman–Crippen LogP) is 5.29. The Morgan fingerprint density at radius 1 is 1.25 bits per heavy atom. The third kappa shape index (κ3) is 4.33. The van der Waals surface area contributed by atoms with Crippen molar-refractivity contribution in [3.05, 3.63) is 59.1 Å². The molecule has 0 spiro atoms. The molecule has 0 bridgehead atoms. The summed E-state index contributed by atoms with van der Waals surface area (Å²) in [4.78, 5) is 19.5. The number of thiazole rings is 1. The summed E-state index contributed by atoms with van der Waals surface area (Å²) in [5.74, 6) is 2.40. The molecule has 6 heteroatoms. The van der Waals surface area contributed by atoms with E-state index >= 15 is 0 Å². The van der Waals surface area contributed by atoms with E-state index in [9.17, 15) is 4.79 Å². The van der Waals surface area contributed by atoms with Crippen molar-refractivity contribution < 1.29 is 9.53 Å². The highest BCUT2D eigenvalue weighted by molar-refractivity contribution is 7.99. The molecule has 4 rings (SSSR count). The highest BCUT2D eigenvalue weighted by atomic mass is 32.2. The van der Waals surface area contributed by atoms with E-state index in [4.69, 9.17) is 4.74 Å². The van der Waals surface area contributed by atoms with Crippen LogP contribution in [0.5, 0.6) is 5.75 Å². The zero-order valence-electron chi connectivity index (χ0n) is 16.0. The number of aromatic nitrogens is 1. The fourth-order valence-electron chi connectivity index (χ4n) is 3.65. The van der Waals surface area contributed by atoms with Crippen molar-refractivity contribution in [3.8, 4) is 5.75 Å². The molecule has 1 aliphatic rings. The predicted molar refractivity (Wildman–Crippen MR) is 117 cm³/mol. The summed E-state index contributed by atoms with van der Waals surface area (Å²) in [6.45, 7) is 3.50. The smallest absolute Gasteiger partial charge is 0.233 e. The standard InChI is InChI=1S/C22H24N2O2S2/c1-2-26-17-11-9-16(10-12-17)19-7-5-13-24(19)22(25)15-27-14-21-23-18-6-3-4-8-20(18)28-21/h3-4,6,8-12,19H,2,5,7,13-15H2,1H3. The number of thioether (sulfide) groups is 1. The van der Waals surface area contributed by atoms with Crippen molar-refractivity contribution in [1.29, 1.82) is 0 Å². The van der Waals surface area contributed by atoms with Gasteiger partial charge in [-0.2, -0.15) is 0 Å². The lowest BCUT2D eigenvalue weighted by Crippen LogP contribution is -2.32. The molecule has 0 saturated carbocycles. The fourth-order valence-corrected chi connectivity index (χ4v) is 5.58. The number of carbonyl (C=O) groups is 1. The monoisotopic (exact) mass is 412 g/mol. The first-order chi connectivity index (χ1) is 13.7. The van der Waals surface area contributed by atoms with Crippen molar-refractivity contribution in [2.75, 3.05) is 18.9 Å². The van der Waals surface area contributed by atoms with E-state index in [0.717, 1.165) is 41.4 Å². The molecular weight excluding hydrogens is 388 g/mol. The maximum Gasteiger partial charge on any atom is 0.233 e. The minimum atomic E-state index is 0.186. The number of ether oxygens (including phenoxy) is 1. The molecule has 1 fully saturated rings. The van der Waals surface area contributed by atoms with Gasteiger partial charge in [-0.1, -0.05) is 24.3 Å². The Kier molecular flexibility index (Phi) is 6.17. The molecule has 0 aliphatic carbocycles. The van der Waals surface area contributed by atoms with Gasteiger partial charge in [-0.3, -0.25) is 4.79 Å². The van der Waals surface area contributed by atoms with Gasteiger partial charge in [-0.05, 0) is 49.6 Å². The Morgan fingerprint density at radius 2 is 2.07 bits per heavy atom. The van der Waals surface area contributed by atoms with E-state index in [-0.39, 0.29) is 11.9 Å². The van der Waals surface area contributed by atoms with Gasteiger partial charge >= 0.3 is 0 Å². The van der Waals surface area contributed by atoms with Crippen LogP contribution in [0.15, 0.2) is 48.5 Å². The third-order valence-electron chi connectivity index (χ3n) is 4.94. The van der Waals surface area contributed by atoms with Gasteiger partial charge < -0.3 is 9.64 Å². The second kappa shape index (κ2) is 8.97. The zero-order valence-corrected chi connectivity index (χ0v) is 17.6. The molecule has 1 aromatic heterocycles. The molecule has 1 amide bonds. The van der Waals surface area contributed by atoms with Gasteiger partial charge in [0.15, 0.2) is 0 Å². The largest absolute Gasteiger partial charge is 0.494 e. The van der Waals surface area contributed by atoms with E-state index in [2.05, 4.69) is 23.2 Å². The first-order valence-corrected chi connectivity index (χ1v) is 11.7.